The molecule has 1 saturated carbocycles. The summed E-state index contributed by atoms with van der Waals surface area (Å²) in [6, 6.07) is 3.42. The molecule has 5 heteroatoms. The number of rotatable bonds is 4. The van der Waals surface area contributed by atoms with Crippen LogP contribution in [0, 0.1) is 5.92 Å². The molecule has 1 fully saturated rings. The quantitative estimate of drug-likeness (QED) is 0.852. The zero-order chi connectivity index (χ0) is 12.4. The highest BCUT2D eigenvalue weighted by Crippen LogP contribution is 2.30. The molecular weight excluding hydrogens is 216 g/mol. The summed E-state index contributed by atoms with van der Waals surface area (Å²) in [6.45, 7) is 4.86. The van der Waals surface area contributed by atoms with Crippen LogP contribution < -0.4 is 5.73 Å². The molecule has 1 aliphatic carbocycles. The Balaban J connectivity index is 2.11. The molecule has 2 rings (SSSR count). The van der Waals surface area contributed by atoms with Crippen molar-refractivity contribution < 1.29 is 4.79 Å². The topological polar surface area (TPSA) is 72.1 Å². The van der Waals surface area contributed by atoms with E-state index in [1.54, 1.807) is 12.1 Å². The summed E-state index contributed by atoms with van der Waals surface area (Å²) in [6.07, 6.45) is 2.45. The smallest absolute Gasteiger partial charge is 0.274 e. The van der Waals surface area contributed by atoms with E-state index in [2.05, 4.69) is 10.2 Å². The summed E-state index contributed by atoms with van der Waals surface area (Å²) in [5, 5.41) is 7.56. The van der Waals surface area contributed by atoms with Gasteiger partial charge in [-0.2, -0.15) is 0 Å². The summed E-state index contributed by atoms with van der Waals surface area (Å²) in [5.74, 6) is 0.947. The van der Waals surface area contributed by atoms with Crippen molar-refractivity contribution >= 4 is 11.7 Å². The van der Waals surface area contributed by atoms with E-state index in [9.17, 15) is 4.79 Å². The second kappa shape index (κ2) is 4.69. The van der Waals surface area contributed by atoms with Crippen molar-refractivity contribution in [2.24, 2.45) is 5.92 Å². The lowest BCUT2D eigenvalue weighted by molar-refractivity contribution is 0.0689. The van der Waals surface area contributed by atoms with E-state index in [1.165, 1.54) is 12.8 Å². The molecule has 0 atom stereocenters. The van der Waals surface area contributed by atoms with Crippen molar-refractivity contribution in [2.45, 2.75) is 32.7 Å². The highest BCUT2D eigenvalue weighted by molar-refractivity contribution is 5.92. The Morgan fingerprint density at radius 1 is 1.47 bits per heavy atom. The molecule has 0 aromatic carbocycles. The number of anilines is 1. The van der Waals surface area contributed by atoms with Gasteiger partial charge in [0.05, 0.1) is 0 Å². The number of hydrogen-bond donors (Lipinski definition) is 1. The summed E-state index contributed by atoms with van der Waals surface area (Å²) < 4.78 is 0. The average molecular weight is 234 g/mol. The molecular formula is C12H18N4O. The van der Waals surface area contributed by atoms with Gasteiger partial charge in [0, 0.05) is 12.6 Å². The predicted molar refractivity (Wildman–Crippen MR) is 65.3 cm³/mol. The number of carbonyl (C=O) groups is 1. The minimum atomic E-state index is -0.0561. The maximum Gasteiger partial charge on any atom is 0.274 e. The first-order valence-electron chi connectivity index (χ1n) is 5.98. The Kier molecular flexibility index (Phi) is 3.26. The minimum Gasteiger partial charge on any atom is -0.382 e. The molecule has 1 heterocycles. The molecule has 2 N–H and O–H groups in total. The number of aromatic nitrogens is 2. The number of nitrogen functional groups attached to an aromatic ring is 1. The lowest BCUT2D eigenvalue weighted by Crippen LogP contribution is -2.39. The van der Waals surface area contributed by atoms with Gasteiger partial charge in [0.2, 0.25) is 0 Å². The second-order valence-electron chi connectivity index (χ2n) is 4.84. The van der Waals surface area contributed by atoms with Crippen molar-refractivity contribution in [3.63, 3.8) is 0 Å². The third-order valence-corrected chi connectivity index (χ3v) is 2.94. The molecule has 5 nitrogen and oxygen atoms in total. The Hall–Kier alpha value is -1.65. The molecule has 1 aromatic rings. The maximum atomic E-state index is 12.2. The second-order valence-corrected chi connectivity index (χ2v) is 4.84. The predicted octanol–water partition coefficient (Wildman–Crippen LogP) is 1.32. The van der Waals surface area contributed by atoms with Gasteiger partial charge in [-0.25, -0.2) is 0 Å². The normalized spacial score (nSPS) is 15.0. The molecule has 1 aromatic heterocycles. The highest BCUT2D eigenvalue weighted by atomic mass is 16.2. The van der Waals surface area contributed by atoms with Crippen LogP contribution in [-0.2, 0) is 0 Å². The fraction of sp³-hybridized carbons (Fsp3) is 0.583. The third-order valence-electron chi connectivity index (χ3n) is 2.94. The summed E-state index contributed by atoms with van der Waals surface area (Å²) in [7, 11) is 0. The van der Waals surface area contributed by atoms with Crippen LogP contribution in [0.4, 0.5) is 5.82 Å². The zero-order valence-corrected chi connectivity index (χ0v) is 10.3. The Labute approximate surface area is 101 Å². The Bertz CT molecular complexity index is 397. The lowest BCUT2D eigenvalue weighted by Gasteiger charge is -2.26. The van der Waals surface area contributed by atoms with Crippen LogP contribution in [0.25, 0.3) is 0 Å². The van der Waals surface area contributed by atoms with Gasteiger partial charge >= 0.3 is 0 Å². The van der Waals surface area contributed by atoms with E-state index < -0.39 is 0 Å². The van der Waals surface area contributed by atoms with Crippen LogP contribution in [-0.4, -0.2) is 33.6 Å². The minimum absolute atomic E-state index is 0.0561. The van der Waals surface area contributed by atoms with E-state index in [-0.39, 0.29) is 11.9 Å². The number of hydrogen-bond acceptors (Lipinski definition) is 4. The van der Waals surface area contributed by atoms with Crippen LogP contribution in [0.1, 0.15) is 37.2 Å². The van der Waals surface area contributed by atoms with Crippen LogP contribution in [0.15, 0.2) is 12.1 Å². The summed E-state index contributed by atoms with van der Waals surface area (Å²) in [5.41, 5.74) is 5.82. The standard InChI is InChI=1S/C12H18N4O/c1-8(2)16(7-9-3-4-9)12(17)10-5-6-11(13)15-14-10/h5-6,8-9H,3-4,7H2,1-2H3,(H2,13,15). The molecule has 0 unspecified atom stereocenters. The van der Waals surface area contributed by atoms with Crippen molar-refractivity contribution in [2.75, 3.05) is 12.3 Å². The van der Waals surface area contributed by atoms with Crippen molar-refractivity contribution in [3.05, 3.63) is 17.8 Å². The Morgan fingerprint density at radius 2 is 2.18 bits per heavy atom. The molecule has 0 spiro atoms. The molecule has 0 bridgehead atoms. The summed E-state index contributed by atoms with van der Waals surface area (Å²) in [4.78, 5) is 14.1. The van der Waals surface area contributed by atoms with Crippen LogP contribution in [0.5, 0.6) is 0 Å². The maximum absolute atomic E-state index is 12.2. The molecule has 17 heavy (non-hydrogen) atoms. The highest BCUT2D eigenvalue weighted by Gasteiger charge is 2.29. The van der Waals surface area contributed by atoms with E-state index >= 15 is 0 Å². The molecule has 92 valence electrons. The molecule has 0 aliphatic heterocycles. The number of amides is 1. The first kappa shape index (κ1) is 11.8. The Morgan fingerprint density at radius 3 is 2.65 bits per heavy atom. The largest absolute Gasteiger partial charge is 0.382 e. The van der Waals surface area contributed by atoms with Gasteiger partial charge in [0.15, 0.2) is 5.69 Å². The van der Waals surface area contributed by atoms with Gasteiger partial charge < -0.3 is 10.6 Å². The molecule has 0 saturated heterocycles. The molecule has 1 aliphatic rings. The van der Waals surface area contributed by atoms with Gasteiger partial charge in [-0.05, 0) is 44.7 Å². The number of carbonyl (C=O) groups excluding carboxylic acids is 1. The molecule has 0 radical (unpaired) electrons. The number of nitrogens with two attached hydrogens (primary N) is 1. The monoisotopic (exact) mass is 234 g/mol. The van der Waals surface area contributed by atoms with Crippen LogP contribution >= 0.6 is 0 Å². The van der Waals surface area contributed by atoms with E-state index in [1.807, 2.05) is 18.7 Å². The van der Waals surface area contributed by atoms with Crippen molar-refractivity contribution in [3.8, 4) is 0 Å². The average Bonchev–Trinajstić information content (AvgIpc) is 3.09. The first-order valence-corrected chi connectivity index (χ1v) is 5.98. The van der Waals surface area contributed by atoms with Crippen molar-refractivity contribution in [1.82, 2.24) is 15.1 Å². The van der Waals surface area contributed by atoms with E-state index in [0.29, 0.717) is 17.4 Å². The summed E-state index contributed by atoms with van der Waals surface area (Å²) >= 11 is 0. The van der Waals surface area contributed by atoms with Crippen LogP contribution in [0.2, 0.25) is 0 Å². The lowest BCUT2D eigenvalue weighted by atomic mass is 10.2. The van der Waals surface area contributed by atoms with Crippen molar-refractivity contribution in [1.29, 1.82) is 0 Å². The number of nitrogens with zero attached hydrogens (tertiary/aromatic N) is 3. The van der Waals surface area contributed by atoms with Gasteiger partial charge in [-0.3, -0.25) is 4.79 Å². The zero-order valence-electron chi connectivity index (χ0n) is 10.3. The molecule has 1 amide bonds. The van der Waals surface area contributed by atoms with Gasteiger partial charge in [-0.1, -0.05) is 0 Å². The first-order chi connectivity index (χ1) is 8.08. The SMILES string of the molecule is CC(C)N(CC1CC1)C(=O)c1ccc(N)nn1. The van der Waals surface area contributed by atoms with E-state index in [0.717, 1.165) is 6.54 Å². The van der Waals surface area contributed by atoms with Crippen LogP contribution in [0.3, 0.4) is 0 Å². The fourth-order valence-electron chi connectivity index (χ4n) is 1.71. The third kappa shape index (κ3) is 2.93. The van der Waals surface area contributed by atoms with E-state index in [4.69, 9.17) is 5.73 Å². The fourth-order valence-corrected chi connectivity index (χ4v) is 1.71. The van der Waals surface area contributed by atoms with Gasteiger partial charge in [0.1, 0.15) is 5.82 Å². The van der Waals surface area contributed by atoms with Gasteiger partial charge in [0.25, 0.3) is 5.91 Å². The van der Waals surface area contributed by atoms with Gasteiger partial charge in [-0.15, -0.1) is 10.2 Å².